The average Bonchev–Trinajstić information content (AvgIpc) is 3.14. The van der Waals surface area contributed by atoms with Gasteiger partial charge in [0.15, 0.2) is 0 Å². The van der Waals surface area contributed by atoms with Gasteiger partial charge in [0, 0.05) is 17.9 Å². The van der Waals surface area contributed by atoms with E-state index in [2.05, 4.69) is 0 Å². The van der Waals surface area contributed by atoms with E-state index >= 15 is 0 Å². The molecule has 0 aromatic heterocycles. The molecule has 2 aliphatic heterocycles. The minimum atomic E-state index is -1.66. The van der Waals surface area contributed by atoms with Crippen LogP contribution in [-0.2, 0) is 21.7 Å². The molecule has 2 aliphatic rings. The van der Waals surface area contributed by atoms with Crippen molar-refractivity contribution in [2.24, 2.45) is 5.92 Å². The molecular weight excluding hydrogens is 391 g/mol. The molecule has 2 bridgehead atoms. The molecule has 0 amide bonds. The van der Waals surface area contributed by atoms with Crippen molar-refractivity contribution in [1.82, 2.24) is 0 Å². The van der Waals surface area contributed by atoms with Gasteiger partial charge >= 0.3 is 0 Å². The molecule has 2 saturated heterocycles. The van der Waals surface area contributed by atoms with E-state index in [4.69, 9.17) is 14.2 Å². The minimum absolute atomic E-state index is 0.0182. The largest absolute Gasteiger partial charge is 0.494 e. The molecule has 2 aromatic rings. The molecule has 4 rings (SSSR count). The molecule has 5 atom stereocenters. The van der Waals surface area contributed by atoms with E-state index in [1.165, 1.54) is 12.1 Å². The summed E-state index contributed by atoms with van der Waals surface area (Å²) in [7, 11) is 0. The Bertz CT molecular complexity index is 903. The van der Waals surface area contributed by atoms with E-state index < -0.39 is 35.3 Å². The van der Waals surface area contributed by atoms with Gasteiger partial charge in [-0.1, -0.05) is 25.1 Å². The molecule has 0 unspecified atom stereocenters. The predicted octanol–water partition coefficient (Wildman–Crippen LogP) is 2.12. The average molecular weight is 418 g/mol. The highest BCUT2D eigenvalue weighted by Crippen LogP contribution is 2.51. The Hall–Kier alpha value is -2.03. The number of rotatable bonds is 6. The van der Waals surface area contributed by atoms with Crippen LogP contribution >= 0.6 is 0 Å². The van der Waals surface area contributed by atoms with Crippen LogP contribution in [-0.4, -0.2) is 52.9 Å². The topological polar surface area (TPSA) is 88.4 Å². The van der Waals surface area contributed by atoms with Crippen molar-refractivity contribution in [3.8, 4) is 5.75 Å². The van der Waals surface area contributed by atoms with E-state index in [0.717, 1.165) is 11.3 Å². The third kappa shape index (κ3) is 3.31. The van der Waals surface area contributed by atoms with E-state index in [0.29, 0.717) is 24.2 Å². The summed E-state index contributed by atoms with van der Waals surface area (Å²) in [5.74, 6) is -1.84. The molecule has 0 radical (unpaired) electrons. The second-order valence-corrected chi connectivity index (χ2v) is 8.07. The van der Waals surface area contributed by atoms with Crippen LogP contribution in [0.3, 0.4) is 0 Å². The van der Waals surface area contributed by atoms with Gasteiger partial charge in [0.2, 0.25) is 5.79 Å². The van der Waals surface area contributed by atoms with Crippen molar-refractivity contribution in [2.45, 2.75) is 43.9 Å². The van der Waals surface area contributed by atoms with Gasteiger partial charge in [-0.3, -0.25) is 0 Å². The lowest BCUT2D eigenvalue weighted by Crippen LogP contribution is -2.61. The summed E-state index contributed by atoms with van der Waals surface area (Å²) < 4.78 is 31.9. The number of hydrogen-bond donors (Lipinski definition) is 3. The summed E-state index contributed by atoms with van der Waals surface area (Å²) in [6.45, 7) is 3.83. The van der Waals surface area contributed by atoms with Crippen LogP contribution in [0.1, 0.15) is 30.5 Å². The highest BCUT2D eigenvalue weighted by molar-refractivity contribution is 5.36. The quantitative estimate of drug-likeness (QED) is 0.666. The second kappa shape index (κ2) is 7.90. The molecule has 2 heterocycles. The fraction of sp³-hybridized carbons (Fsp3) is 0.478. The van der Waals surface area contributed by atoms with Crippen LogP contribution in [0.5, 0.6) is 5.75 Å². The molecule has 3 N–H and O–H groups in total. The zero-order valence-electron chi connectivity index (χ0n) is 17.0. The first kappa shape index (κ1) is 21.2. The molecule has 7 heteroatoms. The molecule has 2 aromatic carbocycles. The fourth-order valence-corrected chi connectivity index (χ4v) is 4.32. The van der Waals surface area contributed by atoms with Crippen LogP contribution < -0.4 is 4.74 Å². The summed E-state index contributed by atoms with van der Waals surface area (Å²) in [5, 5.41) is 31.3. The molecule has 162 valence electrons. The molecule has 2 fully saturated rings. The van der Waals surface area contributed by atoms with Gasteiger partial charge < -0.3 is 29.5 Å². The van der Waals surface area contributed by atoms with Crippen molar-refractivity contribution >= 4 is 0 Å². The number of ether oxygens (including phenoxy) is 3. The molecule has 0 aliphatic carbocycles. The van der Waals surface area contributed by atoms with Crippen LogP contribution in [0, 0.1) is 11.7 Å². The Morgan fingerprint density at radius 1 is 1.17 bits per heavy atom. The van der Waals surface area contributed by atoms with Gasteiger partial charge in [0.05, 0.1) is 25.9 Å². The van der Waals surface area contributed by atoms with E-state index in [-0.39, 0.29) is 13.2 Å². The predicted molar refractivity (Wildman–Crippen MR) is 107 cm³/mol. The van der Waals surface area contributed by atoms with Gasteiger partial charge in [-0.25, -0.2) is 4.39 Å². The fourth-order valence-electron chi connectivity index (χ4n) is 4.32. The summed E-state index contributed by atoms with van der Waals surface area (Å²) in [5.41, 5.74) is 0.573. The van der Waals surface area contributed by atoms with Gasteiger partial charge in [-0.15, -0.1) is 0 Å². The zero-order valence-corrected chi connectivity index (χ0v) is 17.0. The normalized spacial score (nSPS) is 32.9. The first-order valence-corrected chi connectivity index (χ1v) is 10.2. The van der Waals surface area contributed by atoms with Crippen molar-refractivity contribution in [1.29, 1.82) is 0 Å². The number of aliphatic hydroxyl groups is 3. The number of halogens is 1. The van der Waals surface area contributed by atoms with Crippen LogP contribution in [0.25, 0.3) is 0 Å². The third-order valence-electron chi connectivity index (χ3n) is 6.29. The van der Waals surface area contributed by atoms with Crippen LogP contribution in [0.2, 0.25) is 0 Å². The maximum atomic E-state index is 14.6. The molecular formula is C23H27FO6. The monoisotopic (exact) mass is 418 g/mol. The van der Waals surface area contributed by atoms with Crippen molar-refractivity contribution in [3.63, 3.8) is 0 Å². The van der Waals surface area contributed by atoms with Gasteiger partial charge in [-0.2, -0.15) is 0 Å². The smallest absolute Gasteiger partial charge is 0.225 e. The van der Waals surface area contributed by atoms with Gasteiger partial charge in [0.25, 0.3) is 0 Å². The standard InChI is InChI=1S/C23H27FO6/c1-3-28-18-7-4-15(5-8-18)10-16-11-17(6-9-19(16)24)23-21(27)20(26)14(2)22(12-25,30-23)13-29-23/h4-9,11,14,20-21,25-27H,3,10,12-13H2,1-2H3/t14-,20-,21-,22-,23-/m0/s1. The summed E-state index contributed by atoms with van der Waals surface area (Å²) in [4.78, 5) is 0. The lowest BCUT2D eigenvalue weighted by atomic mass is 9.78. The zero-order chi connectivity index (χ0) is 21.5. The lowest BCUT2D eigenvalue weighted by Gasteiger charge is -2.47. The maximum absolute atomic E-state index is 14.6. The lowest BCUT2D eigenvalue weighted by molar-refractivity contribution is -0.318. The maximum Gasteiger partial charge on any atom is 0.225 e. The first-order valence-electron chi connectivity index (χ1n) is 10.2. The Morgan fingerprint density at radius 2 is 1.90 bits per heavy atom. The second-order valence-electron chi connectivity index (χ2n) is 8.07. The highest BCUT2D eigenvalue weighted by atomic mass is 19.1. The van der Waals surface area contributed by atoms with E-state index in [1.807, 2.05) is 31.2 Å². The van der Waals surface area contributed by atoms with Crippen molar-refractivity contribution in [3.05, 3.63) is 65.0 Å². The summed E-state index contributed by atoms with van der Waals surface area (Å²) in [6.07, 6.45) is -2.21. The summed E-state index contributed by atoms with van der Waals surface area (Å²) in [6, 6.07) is 11.8. The Morgan fingerprint density at radius 3 is 2.57 bits per heavy atom. The SMILES string of the molecule is CCOc1ccc(Cc2cc([C@]34OC[C@](CO)(O3)[C@@H](C)[C@H](O)[C@@H]4O)ccc2F)cc1. The number of benzene rings is 2. The number of aliphatic hydroxyl groups excluding tert-OH is 3. The first-order chi connectivity index (χ1) is 14.3. The molecule has 0 saturated carbocycles. The molecule has 0 spiro atoms. The summed E-state index contributed by atoms with van der Waals surface area (Å²) >= 11 is 0. The number of fused-ring (bicyclic) bond motifs is 2. The molecule has 6 nitrogen and oxygen atoms in total. The minimum Gasteiger partial charge on any atom is -0.494 e. The van der Waals surface area contributed by atoms with Gasteiger partial charge in [0.1, 0.15) is 23.3 Å². The van der Waals surface area contributed by atoms with E-state index in [9.17, 15) is 19.7 Å². The van der Waals surface area contributed by atoms with Crippen molar-refractivity contribution < 1.29 is 33.9 Å². The van der Waals surface area contributed by atoms with E-state index in [1.54, 1.807) is 13.0 Å². The van der Waals surface area contributed by atoms with Crippen molar-refractivity contribution in [2.75, 3.05) is 19.8 Å². The number of hydrogen-bond acceptors (Lipinski definition) is 6. The van der Waals surface area contributed by atoms with Crippen LogP contribution in [0.4, 0.5) is 4.39 Å². The Balaban J connectivity index is 1.66. The molecule has 30 heavy (non-hydrogen) atoms. The van der Waals surface area contributed by atoms with Crippen LogP contribution in [0.15, 0.2) is 42.5 Å². The Labute approximate surface area is 174 Å². The Kier molecular flexibility index (Phi) is 5.59. The highest BCUT2D eigenvalue weighted by Gasteiger charge is 2.65. The van der Waals surface area contributed by atoms with Gasteiger partial charge in [-0.05, 0) is 42.3 Å². The third-order valence-corrected chi connectivity index (χ3v) is 6.29.